The second-order valence-corrected chi connectivity index (χ2v) is 6.42. The van der Waals surface area contributed by atoms with Crippen LogP contribution in [0.25, 0.3) is 0 Å². The Labute approximate surface area is 142 Å². The third-order valence-electron chi connectivity index (χ3n) is 4.87. The van der Waals surface area contributed by atoms with Crippen LogP contribution in [0.15, 0.2) is 24.4 Å². The van der Waals surface area contributed by atoms with Crippen molar-refractivity contribution < 1.29 is 14.3 Å². The third kappa shape index (κ3) is 3.85. The molecule has 0 saturated carbocycles. The maximum atomic E-state index is 12.0. The number of hydrogen-bond acceptors (Lipinski definition) is 6. The Hall–Kier alpha value is -1.70. The fourth-order valence-electron chi connectivity index (χ4n) is 3.59. The highest BCUT2D eigenvalue weighted by molar-refractivity contribution is 6.00. The number of carbonyl (C=O) groups is 2. The molecule has 0 aromatic rings. The SMILES string of the molecule is C=C/C=C(\[C@H]1CCN(C2CCC(=O)NC2=O)CO1)N1CCNCC1. The van der Waals surface area contributed by atoms with E-state index in [1.54, 1.807) is 0 Å². The summed E-state index contributed by atoms with van der Waals surface area (Å²) in [5.74, 6) is -0.376. The quantitative estimate of drug-likeness (QED) is 0.549. The minimum absolute atomic E-state index is 0.0330. The summed E-state index contributed by atoms with van der Waals surface area (Å²) in [6, 6.07) is -0.255. The Morgan fingerprint density at radius 3 is 2.62 bits per heavy atom. The number of carbonyl (C=O) groups excluding carboxylic acids is 2. The Kier molecular flexibility index (Phi) is 5.65. The zero-order valence-corrected chi connectivity index (χ0v) is 14.0. The molecule has 0 spiro atoms. The second kappa shape index (κ2) is 7.92. The van der Waals surface area contributed by atoms with Crippen molar-refractivity contribution in [2.75, 3.05) is 39.5 Å². The van der Waals surface area contributed by atoms with Gasteiger partial charge in [0.1, 0.15) is 12.8 Å². The Bertz CT molecular complexity index is 520. The molecule has 3 aliphatic heterocycles. The molecule has 0 aromatic heterocycles. The van der Waals surface area contributed by atoms with Crippen LogP contribution in [0.1, 0.15) is 19.3 Å². The standard InChI is InChI=1S/C17H26N4O3/c1-2-3-13(20-10-7-18-8-11-20)15-6-9-21(12-24-15)14-4-5-16(22)19-17(14)23/h2-3,14-15,18H,1,4-12H2,(H,19,22,23)/b13-3+/t14?,15-/m1/s1. The van der Waals surface area contributed by atoms with E-state index in [1.807, 2.05) is 17.1 Å². The molecule has 0 aromatic carbocycles. The molecule has 2 atom stereocenters. The Morgan fingerprint density at radius 2 is 2.00 bits per heavy atom. The average Bonchev–Trinajstić information content (AvgIpc) is 2.61. The lowest BCUT2D eigenvalue weighted by Crippen LogP contribution is -2.56. The van der Waals surface area contributed by atoms with Gasteiger partial charge in [0, 0.05) is 44.8 Å². The Morgan fingerprint density at radius 1 is 1.21 bits per heavy atom. The van der Waals surface area contributed by atoms with Crippen molar-refractivity contribution in [3.63, 3.8) is 0 Å². The van der Waals surface area contributed by atoms with E-state index in [1.165, 1.54) is 5.70 Å². The molecule has 132 valence electrons. The fourth-order valence-corrected chi connectivity index (χ4v) is 3.59. The normalized spacial score (nSPS) is 30.2. The molecule has 0 radical (unpaired) electrons. The zero-order valence-electron chi connectivity index (χ0n) is 14.0. The maximum absolute atomic E-state index is 12.0. The molecule has 3 heterocycles. The summed E-state index contributed by atoms with van der Waals surface area (Å²) in [5.41, 5.74) is 1.18. The molecule has 3 fully saturated rings. The van der Waals surface area contributed by atoms with Crippen molar-refractivity contribution in [3.8, 4) is 0 Å². The smallest absolute Gasteiger partial charge is 0.243 e. The number of nitrogens with one attached hydrogen (secondary N) is 2. The first-order chi connectivity index (χ1) is 11.7. The fraction of sp³-hybridized carbons (Fsp3) is 0.647. The van der Waals surface area contributed by atoms with Gasteiger partial charge in [0.25, 0.3) is 0 Å². The van der Waals surface area contributed by atoms with Crippen molar-refractivity contribution >= 4 is 11.8 Å². The van der Waals surface area contributed by atoms with Gasteiger partial charge >= 0.3 is 0 Å². The lowest BCUT2D eigenvalue weighted by atomic mass is 10.0. The van der Waals surface area contributed by atoms with Crippen LogP contribution in [0, 0.1) is 0 Å². The van der Waals surface area contributed by atoms with Crippen LogP contribution in [0.4, 0.5) is 0 Å². The van der Waals surface area contributed by atoms with Gasteiger partial charge in [0.15, 0.2) is 0 Å². The summed E-state index contributed by atoms with van der Waals surface area (Å²) < 4.78 is 6.07. The molecule has 2 amide bonds. The van der Waals surface area contributed by atoms with Gasteiger partial charge < -0.3 is 15.0 Å². The molecule has 3 rings (SSSR count). The molecule has 3 aliphatic rings. The van der Waals surface area contributed by atoms with Crippen molar-refractivity contribution in [1.29, 1.82) is 0 Å². The van der Waals surface area contributed by atoms with Crippen LogP contribution in [-0.2, 0) is 14.3 Å². The first-order valence-electron chi connectivity index (χ1n) is 8.66. The van der Waals surface area contributed by atoms with E-state index in [9.17, 15) is 9.59 Å². The van der Waals surface area contributed by atoms with Crippen molar-refractivity contribution in [2.45, 2.75) is 31.4 Å². The van der Waals surface area contributed by atoms with Crippen LogP contribution in [0.2, 0.25) is 0 Å². The molecule has 24 heavy (non-hydrogen) atoms. The summed E-state index contributed by atoms with van der Waals surface area (Å²) in [7, 11) is 0. The molecule has 1 unspecified atom stereocenters. The van der Waals surface area contributed by atoms with Gasteiger partial charge in [0.05, 0.1) is 6.04 Å². The number of nitrogens with zero attached hydrogens (tertiary/aromatic N) is 2. The molecule has 0 aliphatic carbocycles. The van der Waals surface area contributed by atoms with E-state index in [0.29, 0.717) is 19.6 Å². The number of rotatable bonds is 4. The average molecular weight is 334 g/mol. The first-order valence-corrected chi connectivity index (χ1v) is 8.66. The van der Waals surface area contributed by atoms with Crippen molar-refractivity contribution in [3.05, 3.63) is 24.4 Å². The summed E-state index contributed by atoms with van der Waals surface area (Å²) in [5, 5.41) is 5.78. The van der Waals surface area contributed by atoms with Gasteiger partial charge in [0.2, 0.25) is 11.8 Å². The molecular weight excluding hydrogens is 308 g/mol. The number of piperazine rings is 1. The third-order valence-corrected chi connectivity index (χ3v) is 4.87. The van der Waals surface area contributed by atoms with E-state index in [4.69, 9.17) is 4.74 Å². The van der Waals surface area contributed by atoms with Gasteiger partial charge in [-0.05, 0) is 18.9 Å². The van der Waals surface area contributed by atoms with E-state index >= 15 is 0 Å². The van der Waals surface area contributed by atoms with Crippen LogP contribution in [0.3, 0.4) is 0 Å². The summed E-state index contributed by atoms with van der Waals surface area (Å²) >= 11 is 0. The molecule has 0 bridgehead atoms. The van der Waals surface area contributed by atoms with Gasteiger partial charge in [-0.25, -0.2) is 0 Å². The predicted octanol–water partition coefficient (Wildman–Crippen LogP) is -0.185. The maximum Gasteiger partial charge on any atom is 0.243 e. The largest absolute Gasteiger partial charge is 0.370 e. The van der Waals surface area contributed by atoms with Crippen molar-refractivity contribution in [2.24, 2.45) is 0 Å². The molecule has 7 nitrogen and oxygen atoms in total. The van der Waals surface area contributed by atoms with E-state index < -0.39 is 0 Å². The number of amides is 2. The number of allylic oxidation sites excluding steroid dienone is 2. The summed E-state index contributed by atoms with van der Waals surface area (Å²) in [4.78, 5) is 27.7. The highest BCUT2D eigenvalue weighted by atomic mass is 16.5. The molecule has 2 N–H and O–H groups in total. The molecule has 7 heteroatoms. The van der Waals surface area contributed by atoms with Crippen LogP contribution in [-0.4, -0.2) is 73.2 Å². The van der Waals surface area contributed by atoms with Gasteiger partial charge in [-0.15, -0.1) is 0 Å². The number of hydrogen-bond donors (Lipinski definition) is 2. The number of piperidine rings is 1. The predicted molar refractivity (Wildman–Crippen MR) is 90.0 cm³/mol. The van der Waals surface area contributed by atoms with E-state index in [2.05, 4.69) is 22.1 Å². The minimum Gasteiger partial charge on any atom is -0.370 e. The van der Waals surface area contributed by atoms with Gasteiger partial charge in [-0.1, -0.05) is 12.7 Å². The highest BCUT2D eigenvalue weighted by Gasteiger charge is 2.35. The van der Waals surface area contributed by atoms with E-state index in [-0.39, 0.29) is 24.0 Å². The van der Waals surface area contributed by atoms with Gasteiger partial charge in [-0.3, -0.25) is 19.8 Å². The molecule has 3 saturated heterocycles. The lowest BCUT2D eigenvalue weighted by Gasteiger charge is -2.41. The monoisotopic (exact) mass is 334 g/mol. The Balaban J connectivity index is 1.58. The minimum atomic E-state index is -0.255. The van der Waals surface area contributed by atoms with Crippen LogP contribution in [0.5, 0.6) is 0 Å². The van der Waals surface area contributed by atoms with E-state index in [0.717, 1.165) is 39.1 Å². The molecular formula is C17H26N4O3. The number of imide groups is 1. The first kappa shape index (κ1) is 17.1. The van der Waals surface area contributed by atoms with Crippen LogP contribution >= 0.6 is 0 Å². The number of ether oxygens (including phenoxy) is 1. The topological polar surface area (TPSA) is 73.9 Å². The highest BCUT2D eigenvalue weighted by Crippen LogP contribution is 2.24. The van der Waals surface area contributed by atoms with Gasteiger partial charge in [-0.2, -0.15) is 0 Å². The van der Waals surface area contributed by atoms with Crippen molar-refractivity contribution in [1.82, 2.24) is 20.4 Å². The summed E-state index contributed by atoms with van der Waals surface area (Å²) in [6.45, 7) is 8.92. The lowest BCUT2D eigenvalue weighted by molar-refractivity contribution is -0.144. The van der Waals surface area contributed by atoms with Crippen LogP contribution < -0.4 is 10.6 Å². The second-order valence-electron chi connectivity index (χ2n) is 6.42. The zero-order chi connectivity index (χ0) is 16.9. The summed E-state index contributed by atoms with van der Waals surface area (Å²) in [6.07, 6.45) is 5.70.